The Morgan fingerprint density at radius 3 is 2.50 bits per heavy atom. The molecule has 0 aromatic rings. The Morgan fingerprint density at radius 1 is 1.25 bits per heavy atom. The third kappa shape index (κ3) is 3.63. The molecular weight excluding hydrogens is 273 g/mol. The lowest BCUT2D eigenvalue weighted by Crippen LogP contribution is -2.53. The van der Waals surface area contributed by atoms with E-state index in [2.05, 4.69) is 0 Å². The molecule has 4 nitrogen and oxygen atoms in total. The van der Waals surface area contributed by atoms with E-state index in [0.29, 0.717) is 39.0 Å². The van der Waals surface area contributed by atoms with Gasteiger partial charge >= 0.3 is 6.18 Å². The van der Waals surface area contributed by atoms with Crippen molar-refractivity contribution in [3.05, 3.63) is 0 Å². The van der Waals surface area contributed by atoms with E-state index in [0.717, 1.165) is 0 Å². The monoisotopic (exact) mass is 294 g/mol. The number of piperidine rings is 1. The predicted octanol–water partition coefficient (Wildman–Crippen LogP) is 1.54. The van der Waals surface area contributed by atoms with Crippen molar-refractivity contribution >= 4 is 5.91 Å². The smallest absolute Gasteiger partial charge is 0.381 e. The first-order valence-electron chi connectivity index (χ1n) is 7.08. The quantitative estimate of drug-likeness (QED) is 0.840. The number of likely N-dealkylation sites (tertiary alicyclic amines) is 1. The van der Waals surface area contributed by atoms with E-state index in [9.17, 15) is 18.0 Å². The van der Waals surface area contributed by atoms with E-state index >= 15 is 0 Å². The van der Waals surface area contributed by atoms with E-state index in [1.165, 1.54) is 4.90 Å². The van der Waals surface area contributed by atoms with Crippen LogP contribution in [0.15, 0.2) is 0 Å². The van der Waals surface area contributed by atoms with Gasteiger partial charge in [0.05, 0.1) is 12.0 Å². The van der Waals surface area contributed by atoms with Gasteiger partial charge in [-0.3, -0.25) is 4.79 Å². The van der Waals surface area contributed by atoms with Crippen molar-refractivity contribution in [3.63, 3.8) is 0 Å². The van der Waals surface area contributed by atoms with Crippen molar-refractivity contribution in [2.75, 3.05) is 26.3 Å². The van der Waals surface area contributed by atoms with Gasteiger partial charge in [-0.05, 0) is 31.6 Å². The van der Waals surface area contributed by atoms with E-state index in [-0.39, 0.29) is 24.8 Å². The SMILES string of the molecule is NC(C(=O)N1CCCC(C(F)(F)F)C1)C1CCOCC1. The van der Waals surface area contributed by atoms with Crippen molar-refractivity contribution in [3.8, 4) is 0 Å². The summed E-state index contributed by atoms with van der Waals surface area (Å²) in [5, 5.41) is 0. The van der Waals surface area contributed by atoms with Gasteiger partial charge in [0.1, 0.15) is 0 Å². The van der Waals surface area contributed by atoms with E-state index < -0.39 is 18.1 Å². The van der Waals surface area contributed by atoms with Crippen molar-refractivity contribution in [1.29, 1.82) is 0 Å². The molecule has 2 atom stereocenters. The van der Waals surface area contributed by atoms with Crippen LogP contribution in [0.3, 0.4) is 0 Å². The number of nitrogens with zero attached hydrogens (tertiary/aromatic N) is 1. The normalized spacial score (nSPS) is 27.4. The van der Waals surface area contributed by atoms with Crippen LogP contribution >= 0.6 is 0 Å². The van der Waals surface area contributed by atoms with Crippen molar-refractivity contribution in [2.45, 2.75) is 37.9 Å². The molecule has 2 rings (SSSR count). The first kappa shape index (κ1) is 15.6. The first-order valence-corrected chi connectivity index (χ1v) is 7.08. The minimum absolute atomic E-state index is 0.0162. The van der Waals surface area contributed by atoms with Gasteiger partial charge in [-0.15, -0.1) is 0 Å². The van der Waals surface area contributed by atoms with Gasteiger partial charge in [0.25, 0.3) is 0 Å². The van der Waals surface area contributed by atoms with Gasteiger partial charge < -0.3 is 15.4 Å². The predicted molar refractivity (Wildman–Crippen MR) is 66.9 cm³/mol. The van der Waals surface area contributed by atoms with Crippen LogP contribution in [-0.2, 0) is 9.53 Å². The maximum Gasteiger partial charge on any atom is 0.393 e. The number of carbonyl (C=O) groups is 1. The third-order valence-corrected chi connectivity index (χ3v) is 4.25. The molecule has 2 unspecified atom stereocenters. The second-order valence-electron chi connectivity index (χ2n) is 5.64. The lowest BCUT2D eigenvalue weighted by molar-refractivity contribution is -0.188. The van der Waals surface area contributed by atoms with Crippen molar-refractivity contribution < 1.29 is 22.7 Å². The molecule has 0 saturated carbocycles. The highest BCUT2D eigenvalue weighted by Gasteiger charge is 2.43. The Labute approximate surface area is 116 Å². The minimum Gasteiger partial charge on any atom is -0.381 e. The van der Waals surface area contributed by atoms with Gasteiger partial charge in [0.2, 0.25) is 5.91 Å². The van der Waals surface area contributed by atoms with Crippen LogP contribution in [0.1, 0.15) is 25.7 Å². The van der Waals surface area contributed by atoms with Crippen LogP contribution in [0.25, 0.3) is 0 Å². The zero-order chi connectivity index (χ0) is 14.8. The number of halogens is 3. The number of rotatable bonds is 2. The summed E-state index contributed by atoms with van der Waals surface area (Å²) >= 11 is 0. The molecule has 0 aromatic heterocycles. The second-order valence-corrected chi connectivity index (χ2v) is 5.64. The molecule has 20 heavy (non-hydrogen) atoms. The van der Waals surface area contributed by atoms with E-state index in [4.69, 9.17) is 10.5 Å². The van der Waals surface area contributed by atoms with Crippen LogP contribution in [-0.4, -0.2) is 49.3 Å². The lowest BCUT2D eigenvalue weighted by atomic mass is 9.90. The molecule has 2 aliphatic heterocycles. The molecule has 7 heteroatoms. The molecule has 2 fully saturated rings. The largest absolute Gasteiger partial charge is 0.393 e. The fraction of sp³-hybridized carbons (Fsp3) is 0.923. The number of ether oxygens (including phenoxy) is 1. The Morgan fingerprint density at radius 2 is 1.90 bits per heavy atom. The number of carbonyl (C=O) groups excluding carboxylic acids is 1. The van der Waals surface area contributed by atoms with Gasteiger partial charge in [-0.25, -0.2) is 0 Å². The summed E-state index contributed by atoms with van der Waals surface area (Å²) < 4.78 is 43.5. The molecule has 2 heterocycles. The van der Waals surface area contributed by atoms with E-state index in [1.54, 1.807) is 0 Å². The van der Waals surface area contributed by atoms with Crippen molar-refractivity contribution in [2.24, 2.45) is 17.6 Å². The highest BCUT2D eigenvalue weighted by molar-refractivity contribution is 5.82. The number of amides is 1. The maximum absolute atomic E-state index is 12.7. The molecule has 0 radical (unpaired) electrons. The summed E-state index contributed by atoms with van der Waals surface area (Å²) in [6, 6.07) is -0.703. The van der Waals surface area contributed by atoms with Gasteiger partial charge in [-0.1, -0.05) is 0 Å². The molecule has 0 aliphatic carbocycles. The molecule has 2 aliphatic rings. The molecule has 2 N–H and O–H groups in total. The van der Waals surface area contributed by atoms with Crippen LogP contribution < -0.4 is 5.73 Å². The lowest BCUT2D eigenvalue weighted by Gasteiger charge is -2.37. The fourth-order valence-corrected chi connectivity index (χ4v) is 2.93. The summed E-state index contributed by atoms with van der Waals surface area (Å²) in [5.41, 5.74) is 5.95. The topological polar surface area (TPSA) is 55.6 Å². The molecule has 116 valence electrons. The number of nitrogens with two attached hydrogens (primary N) is 1. The summed E-state index contributed by atoms with van der Waals surface area (Å²) in [6.45, 7) is 1.26. The Bertz CT molecular complexity index is 343. The Kier molecular flexibility index (Phi) is 4.90. The van der Waals surface area contributed by atoms with Gasteiger partial charge in [-0.2, -0.15) is 13.2 Å². The number of hydrogen-bond donors (Lipinski definition) is 1. The minimum atomic E-state index is -4.23. The van der Waals surface area contributed by atoms with Crippen molar-refractivity contribution in [1.82, 2.24) is 4.90 Å². The highest BCUT2D eigenvalue weighted by atomic mass is 19.4. The van der Waals surface area contributed by atoms with Gasteiger partial charge in [0, 0.05) is 26.3 Å². The maximum atomic E-state index is 12.7. The van der Waals surface area contributed by atoms with Gasteiger partial charge in [0.15, 0.2) is 0 Å². The molecular formula is C13H21F3N2O2. The summed E-state index contributed by atoms with van der Waals surface area (Å²) in [4.78, 5) is 13.6. The van der Waals surface area contributed by atoms with E-state index in [1.807, 2.05) is 0 Å². The summed E-state index contributed by atoms with van der Waals surface area (Å²) in [7, 11) is 0. The molecule has 0 aromatic carbocycles. The van der Waals surface area contributed by atoms with Crippen LogP contribution in [0.2, 0.25) is 0 Å². The molecule has 0 spiro atoms. The fourth-order valence-electron chi connectivity index (χ4n) is 2.93. The highest BCUT2D eigenvalue weighted by Crippen LogP contribution is 2.33. The average Bonchev–Trinajstić information content (AvgIpc) is 2.46. The Balaban J connectivity index is 1.94. The summed E-state index contributed by atoms with van der Waals surface area (Å²) in [6.07, 6.45) is -2.36. The Hall–Kier alpha value is -0.820. The van der Waals surface area contributed by atoms with Crippen LogP contribution in [0.4, 0.5) is 13.2 Å². The standard InChI is InChI=1S/C13H21F3N2O2/c14-13(15,16)10-2-1-5-18(8-10)12(19)11(17)9-3-6-20-7-4-9/h9-11H,1-8,17H2. The summed E-state index contributed by atoms with van der Waals surface area (Å²) in [5.74, 6) is -1.74. The number of alkyl halides is 3. The average molecular weight is 294 g/mol. The zero-order valence-electron chi connectivity index (χ0n) is 11.4. The molecule has 0 bridgehead atoms. The molecule has 1 amide bonds. The third-order valence-electron chi connectivity index (χ3n) is 4.25. The molecule has 2 saturated heterocycles. The first-order chi connectivity index (χ1) is 9.39. The second kappa shape index (κ2) is 6.30. The number of hydrogen-bond acceptors (Lipinski definition) is 3. The zero-order valence-corrected chi connectivity index (χ0v) is 11.4. The van der Waals surface area contributed by atoms with Crippen LogP contribution in [0, 0.1) is 11.8 Å². The van der Waals surface area contributed by atoms with Crippen LogP contribution in [0.5, 0.6) is 0 Å².